The zero-order valence-corrected chi connectivity index (χ0v) is 15.6. The molecule has 2 nitrogen and oxygen atoms in total. The Morgan fingerprint density at radius 2 is 1.82 bits per heavy atom. The molecule has 28 heavy (non-hydrogen) atoms. The Labute approximate surface area is 163 Å². The van der Waals surface area contributed by atoms with Crippen LogP contribution in [0.4, 0.5) is 4.39 Å². The van der Waals surface area contributed by atoms with Gasteiger partial charge in [0.15, 0.2) is 0 Å². The number of hydrogen-bond acceptors (Lipinski definition) is 1. The van der Waals surface area contributed by atoms with Crippen LogP contribution in [0.15, 0.2) is 79.0 Å². The van der Waals surface area contributed by atoms with Gasteiger partial charge in [0, 0.05) is 29.2 Å². The summed E-state index contributed by atoms with van der Waals surface area (Å²) in [5.74, 6) is -0.309. The number of halogens is 1. The van der Waals surface area contributed by atoms with Gasteiger partial charge in [-0.25, -0.2) is 4.39 Å². The molecule has 0 fully saturated rings. The van der Waals surface area contributed by atoms with Crippen molar-refractivity contribution in [2.45, 2.75) is 13.5 Å². The number of hydrogen-bond donors (Lipinski definition) is 0. The van der Waals surface area contributed by atoms with Crippen molar-refractivity contribution in [3.63, 3.8) is 0 Å². The highest BCUT2D eigenvalue weighted by atomic mass is 19.1. The average molecular weight is 366 g/mol. The van der Waals surface area contributed by atoms with E-state index in [1.54, 1.807) is 12.1 Å². The molecule has 0 aliphatic rings. The zero-order chi connectivity index (χ0) is 19.5. The van der Waals surface area contributed by atoms with Crippen LogP contribution in [0.2, 0.25) is 0 Å². The first-order chi connectivity index (χ1) is 13.6. The fourth-order valence-electron chi connectivity index (χ4n) is 3.49. The third kappa shape index (κ3) is 3.58. The van der Waals surface area contributed by atoms with Crippen molar-refractivity contribution >= 4 is 22.6 Å². The Hall–Kier alpha value is -3.64. The van der Waals surface area contributed by atoms with Gasteiger partial charge < -0.3 is 4.57 Å². The number of nitrogens with zero attached hydrogens (tertiary/aromatic N) is 2. The number of allylic oxidation sites excluding steroid dienone is 1. The van der Waals surface area contributed by atoms with Gasteiger partial charge in [0.25, 0.3) is 0 Å². The normalized spacial score (nSPS) is 11.5. The minimum Gasteiger partial charge on any atom is -0.342 e. The van der Waals surface area contributed by atoms with Crippen molar-refractivity contribution in [2.24, 2.45) is 0 Å². The van der Waals surface area contributed by atoms with Crippen molar-refractivity contribution in [1.82, 2.24) is 4.57 Å². The first kappa shape index (κ1) is 17.8. The molecule has 0 saturated heterocycles. The van der Waals surface area contributed by atoms with E-state index < -0.39 is 0 Å². The Balaban J connectivity index is 1.79. The molecule has 3 heteroatoms. The van der Waals surface area contributed by atoms with Gasteiger partial charge in [-0.3, -0.25) is 0 Å². The molecular weight excluding hydrogens is 347 g/mol. The number of nitriles is 1. The third-order valence-electron chi connectivity index (χ3n) is 4.83. The number of benzene rings is 3. The number of para-hydroxylation sites is 1. The van der Waals surface area contributed by atoms with E-state index in [1.807, 2.05) is 18.2 Å². The number of rotatable bonds is 4. The van der Waals surface area contributed by atoms with Crippen LogP contribution in [-0.2, 0) is 6.54 Å². The smallest absolute Gasteiger partial charge is 0.123 e. The van der Waals surface area contributed by atoms with Gasteiger partial charge in [-0.15, -0.1) is 0 Å². The molecule has 0 aliphatic carbocycles. The molecule has 0 aliphatic heterocycles. The molecule has 4 rings (SSSR count). The molecule has 3 aromatic carbocycles. The summed E-state index contributed by atoms with van der Waals surface area (Å²) in [5, 5.41) is 10.7. The maximum Gasteiger partial charge on any atom is 0.123 e. The molecule has 0 saturated carbocycles. The van der Waals surface area contributed by atoms with Crippen LogP contribution in [0.3, 0.4) is 0 Å². The Morgan fingerprint density at radius 1 is 1.04 bits per heavy atom. The van der Waals surface area contributed by atoms with E-state index in [-0.39, 0.29) is 5.82 Å². The highest BCUT2D eigenvalue weighted by Gasteiger charge is 2.09. The molecule has 0 radical (unpaired) electrons. The summed E-state index contributed by atoms with van der Waals surface area (Å²) in [6.45, 7) is 2.85. The molecule has 4 aromatic rings. The molecule has 0 atom stereocenters. The van der Waals surface area contributed by atoms with Crippen LogP contribution in [0.1, 0.15) is 22.3 Å². The first-order valence-corrected chi connectivity index (χ1v) is 9.15. The van der Waals surface area contributed by atoms with Crippen molar-refractivity contribution in [2.75, 3.05) is 0 Å². The Kier molecular flexibility index (Phi) is 4.78. The summed E-state index contributed by atoms with van der Waals surface area (Å²) in [7, 11) is 0. The zero-order valence-electron chi connectivity index (χ0n) is 15.6. The van der Waals surface area contributed by atoms with E-state index in [2.05, 4.69) is 60.2 Å². The largest absolute Gasteiger partial charge is 0.342 e. The van der Waals surface area contributed by atoms with Gasteiger partial charge in [0.1, 0.15) is 5.82 Å². The average Bonchev–Trinajstić information content (AvgIpc) is 3.04. The number of fused-ring (bicyclic) bond motifs is 1. The molecule has 0 unspecified atom stereocenters. The number of aromatic nitrogens is 1. The first-order valence-electron chi connectivity index (χ1n) is 9.15. The predicted octanol–water partition coefficient (Wildman–Crippen LogP) is 6.20. The second-order valence-corrected chi connectivity index (χ2v) is 6.90. The summed E-state index contributed by atoms with van der Waals surface area (Å²) < 4.78 is 15.4. The topological polar surface area (TPSA) is 28.7 Å². The summed E-state index contributed by atoms with van der Waals surface area (Å²) in [6.07, 6.45) is 3.95. The fourth-order valence-corrected chi connectivity index (χ4v) is 3.49. The second kappa shape index (κ2) is 7.54. The van der Waals surface area contributed by atoms with Crippen LogP contribution >= 0.6 is 0 Å². The lowest BCUT2D eigenvalue weighted by Gasteiger charge is -2.06. The SMILES string of the molecule is Cc1cccc(Cn2cc(/C=C(/C#N)c3ccc(F)cc3)c3ccccc32)c1. The molecule has 1 aromatic heterocycles. The van der Waals surface area contributed by atoms with Gasteiger partial charge in [-0.1, -0.05) is 60.2 Å². The van der Waals surface area contributed by atoms with Gasteiger partial charge in [0.05, 0.1) is 11.6 Å². The lowest BCUT2D eigenvalue weighted by Crippen LogP contribution is -1.97. The summed E-state index contributed by atoms with van der Waals surface area (Å²) in [5.41, 5.74) is 5.78. The molecule has 0 bridgehead atoms. The van der Waals surface area contributed by atoms with Crippen LogP contribution in [-0.4, -0.2) is 4.57 Å². The maximum atomic E-state index is 13.2. The van der Waals surface area contributed by atoms with Crippen LogP contribution in [0, 0.1) is 24.1 Å². The minimum absolute atomic E-state index is 0.309. The number of aryl methyl sites for hydroxylation is 1. The van der Waals surface area contributed by atoms with Gasteiger partial charge in [-0.2, -0.15) is 5.26 Å². The van der Waals surface area contributed by atoms with Crippen molar-refractivity contribution in [1.29, 1.82) is 5.26 Å². The minimum atomic E-state index is -0.309. The highest BCUT2D eigenvalue weighted by molar-refractivity contribution is 5.98. The van der Waals surface area contributed by atoms with E-state index in [0.717, 1.165) is 23.0 Å². The molecule has 1 heterocycles. The highest BCUT2D eigenvalue weighted by Crippen LogP contribution is 2.27. The third-order valence-corrected chi connectivity index (χ3v) is 4.83. The van der Waals surface area contributed by atoms with Crippen LogP contribution in [0.25, 0.3) is 22.6 Å². The maximum absolute atomic E-state index is 13.2. The Morgan fingerprint density at radius 3 is 2.57 bits per heavy atom. The van der Waals surface area contributed by atoms with E-state index in [1.165, 1.54) is 23.3 Å². The van der Waals surface area contributed by atoms with Crippen molar-refractivity contribution < 1.29 is 4.39 Å². The summed E-state index contributed by atoms with van der Waals surface area (Å²) in [6, 6.07) is 24.9. The van der Waals surface area contributed by atoms with Crippen LogP contribution in [0.5, 0.6) is 0 Å². The molecular formula is C25H19FN2. The second-order valence-electron chi connectivity index (χ2n) is 6.90. The lowest BCUT2D eigenvalue weighted by molar-refractivity contribution is 0.627. The molecule has 136 valence electrons. The quantitative estimate of drug-likeness (QED) is 0.395. The van der Waals surface area contributed by atoms with E-state index in [9.17, 15) is 9.65 Å². The Bertz CT molecular complexity index is 1210. The van der Waals surface area contributed by atoms with Gasteiger partial charge in [-0.05, 0) is 42.3 Å². The van der Waals surface area contributed by atoms with Crippen LogP contribution < -0.4 is 0 Å². The van der Waals surface area contributed by atoms with Crippen molar-refractivity contribution in [3.05, 3.63) is 107 Å². The van der Waals surface area contributed by atoms with Gasteiger partial charge in [0.2, 0.25) is 0 Å². The van der Waals surface area contributed by atoms with E-state index in [0.29, 0.717) is 11.1 Å². The lowest BCUT2D eigenvalue weighted by atomic mass is 10.0. The monoisotopic (exact) mass is 366 g/mol. The van der Waals surface area contributed by atoms with Gasteiger partial charge >= 0.3 is 0 Å². The summed E-state index contributed by atoms with van der Waals surface area (Å²) >= 11 is 0. The standard InChI is InChI=1S/C25H19FN2/c1-18-5-4-6-19(13-18)16-28-17-22(24-7-2-3-8-25(24)28)14-21(15-27)20-9-11-23(26)12-10-20/h2-14,17H,16H2,1H3/b21-14-. The molecule has 0 spiro atoms. The molecule has 0 N–H and O–H groups in total. The van der Waals surface area contributed by atoms with E-state index in [4.69, 9.17) is 0 Å². The molecule has 0 amide bonds. The summed E-state index contributed by atoms with van der Waals surface area (Å²) in [4.78, 5) is 0. The van der Waals surface area contributed by atoms with E-state index >= 15 is 0 Å². The predicted molar refractivity (Wildman–Crippen MR) is 112 cm³/mol. The fraction of sp³-hybridized carbons (Fsp3) is 0.0800. The van der Waals surface area contributed by atoms with Crippen molar-refractivity contribution in [3.8, 4) is 6.07 Å².